The smallest absolute Gasteiger partial charge is 0.358 e. The molecule has 1 unspecified atom stereocenters. The zero-order valence-electron chi connectivity index (χ0n) is 17.1. The van der Waals surface area contributed by atoms with Crippen LogP contribution in [-0.4, -0.2) is 60.5 Å². The van der Waals surface area contributed by atoms with Gasteiger partial charge in [0.15, 0.2) is 5.69 Å². The number of esters is 1. The third kappa shape index (κ3) is 6.85. The molecule has 0 saturated heterocycles. The molecule has 1 aromatic heterocycles. The molecule has 164 valence electrons. The first-order valence-electron chi connectivity index (χ1n) is 9.42. The van der Waals surface area contributed by atoms with Crippen molar-refractivity contribution in [1.82, 2.24) is 14.5 Å². The largest absolute Gasteiger partial charge is 0.461 e. The van der Waals surface area contributed by atoms with Gasteiger partial charge in [-0.25, -0.2) is 22.6 Å². The average Bonchev–Trinajstić information content (AvgIpc) is 3.22. The van der Waals surface area contributed by atoms with Crippen LogP contribution in [0.2, 0.25) is 0 Å². The SMILES string of the molecule is CCOC(=O)c1ccn(-c2cccc(NC(=O)C(CCSC)NS(=O)(=O)CC)c2)n1. The van der Waals surface area contributed by atoms with E-state index in [2.05, 4.69) is 15.1 Å². The van der Waals surface area contributed by atoms with E-state index >= 15 is 0 Å². The van der Waals surface area contributed by atoms with Crippen LogP contribution in [0.25, 0.3) is 5.69 Å². The molecule has 0 aliphatic rings. The molecule has 0 fully saturated rings. The number of nitrogens with zero attached hydrogens (tertiary/aromatic N) is 2. The lowest BCUT2D eigenvalue weighted by Gasteiger charge is -2.18. The summed E-state index contributed by atoms with van der Waals surface area (Å²) in [6.45, 7) is 3.49. The predicted molar refractivity (Wildman–Crippen MR) is 118 cm³/mol. The number of rotatable bonds is 11. The second-order valence-corrected chi connectivity index (χ2v) is 9.29. The van der Waals surface area contributed by atoms with E-state index in [1.54, 1.807) is 43.5 Å². The Kier molecular flexibility index (Phi) is 8.88. The number of sulfonamides is 1. The summed E-state index contributed by atoms with van der Waals surface area (Å²) in [5.74, 6) is -0.423. The van der Waals surface area contributed by atoms with Gasteiger partial charge in [0.25, 0.3) is 0 Å². The van der Waals surface area contributed by atoms with Gasteiger partial charge in [-0.2, -0.15) is 16.9 Å². The number of hydrogen-bond acceptors (Lipinski definition) is 7. The normalized spacial score (nSPS) is 12.4. The lowest BCUT2D eigenvalue weighted by Crippen LogP contribution is -2.44. The summed E-state index contributed by atoms with van der Waals surface area (Å²) >= 11 is 1.53. The van der Waals surface area contributed by atoms with E-state index in [0.29, 0.717) is 23.5 Å². The van der Waals surface area contributed by atoms with Crippen LogP contribution in [-0.2, 0) is 19.6 Å². The minimum atomic E-state index is -3.53. The number of carbonyl (C=O) groups is 2. The number of aromatic nitrogens is 2. The van der Waals surface area contributed by atoms with Gasteiger partial charge in [0.1, 0.15) is 6.04 Å². The summed E-state index contributed by atoms with van der Waals surface area (Å²) in [4.78, 5) is 24.5. The Morgan fingerprint density at radius 2 is 2.03 bits per heavy atom. The van der Waals surface area contributed by atoms with Crippen molar-refractivity contribution in [2.75, 3.05) is 29.7 Å². The van der Waals surface area contributed by atoms with Crippen molar-refractivity contribution >= 4 is 39.3 Å². The number of carbonyl (C=O) groups excluding carboxylic acids is 2. The number of hydrogen-bond donors (Lipinski definition) is 2. The van der Waals surface area contributed by atoms with Gasteiger partial charge in [0.2, 0.25) is 15.9 Å². The van der Waals surface area contributed by atoms with Gasteiger partial charge < -0.3 is 10.1 Å². The molecule has 0 spiro atoms. The van der Waals surface area contributed by atoms with Gasteiger partial charge in [0, 0.05) is 11.9 Å². The molecule has 1 aromatic carbocycles. The van der Waals surface area contributed by atoms with Crippen LogP contribution in [0.4, 0.5) is 5.69 Å². The Morgan fingerprint density at radius 1 is 1.27 bits per heavy atom. The number of thioether (sulfide) groups is 1. The van der Waals surface area contributed by atoms with E-state index in [1.165, 1.54) is 23.4 Å². The number of benzene rings is 1. The van der Waals surface area contributed by atoms with E-state index in [4.69, 9.17) is 4.74 Å². The molecule has 0 bridgehead atoms. The second kappa shape index (κ2) is 11.1. The predicted octanol–water partition coefficient (Wildman–Crippen LogP) is 2.05. The lowest BCUT2D eigenvalue weighted by molar-refractivity contribution is -0.117. The summed E-state index contributed by atoms with van der Waals surface area (Å²) in [5.41, 5.74) is 1.28. The van der Waals surface area contributed by atoms with E-state index in [0.717, 1.165) is 0 Å². The highest BCUT2D eigenvalue weighted by Crippen LogP contribution is 2.16. The fraction of sp³-hybridized carbons (Fsp3) is 0.421. The van der Waals surface area contributed by atoms with Gasteiger partial charge >= 0.3 is 5.97 Å². The van der Waals surface area contributed by atoms with Crippen molar-refractivity contribution in [2.45, 2.75) is 26.3 Å². The van der Waals surface area contributed by atoms with Crippen molar-refractivity contribution in [3.05, 3.63) is 42.2 Å². The zero-order chi connectivity index (χ0) is 22.1. The molecule has 9 nitrogen and oxygen atoms in total. The van der Waals surface area contributed by atoms with Crippen molar-refractivity contribution in [3.63, 3.8) is 0 Å². The zero-order valence-corrected chi connectivity index (χ0v) is 18.8. The maximum absolute atomic E-state index is 12.7. The molecular formula is C19H26N4O5S2. The fourth-order valence-electron chi connectivity index (χ4n) is 2.52. The quantitative estimate of drug-likeness (QED) is 0.499. The maximum atomic E-state index is 12.7. The standard InChI is InChI=1S/C19H26N4O5S2/c1-4-28-19(25)17-9-11-23(21-17)15-8-6-7-14(13-15)20-18(24)16(10-12-29-3)22-30(26,27)5-2/h6-9,11,13,16,22H,4-5,10,12H2,1-3H3,(H,20,24). The summed E-state index contributed by atoms with van der Waals surface area (Å²) in [7, 11) is -3.53. The molecule has 2 rings (SSSR count). The van der Waals surface area contributed by atoms with Gasteiger partial charge in [-0.1, -0.05) is 6.07 Å². The highest BCUT2D eigenvalue weighted by molar-refractivity contribution is 7.98. The summed E-state index contributed by atoms with van der Waals surface area (Å²) in [5, 5.41) is 6.94. The van der Waals surface area contributed by atoms with E-state index in [-0.39, 0.29) is 18.1 Å². The second-order valence-electron chi connectivity index (χ2n) is 6.26. The van der Waals surface area contributed by atoms with E-state index in [9.17, 15) is 18.0 Å². The number of amides is 1. The molecule has 11 heteroatoms. The number of ether oxygens (including phenoxy) is 1. The van der Waals surface area contributed by atoms with Gasteiger partial charge in [-0.05, 0) is 56.5 Å². The summed E-state index contributed by atoms with van der Waals surface area (Å²) in [6.07, 6.45) is 3.87. The van der Waals surface area contributed by atoms with Crippen LogP contribution >= 0.6 is 11.8 Å². The minimum absolute atomic E-state index is 0.104. The van der Waals surface area contributed by atoms with Crippen LogP contribution in [0.15, 0.2) is 36.5 Å². The van der Waals surface area contributed by atoms with Crippen molar-refractivity contribution in [1.29, 1.82) is 0 Å². The fourth-order valence-corrected chi connectivity index (χ4v) is 3.81. The molecular weight excluding hydrogens is 428 g/mol. The van der Waals surface area contributed by atoms with Crippen molar-refractivity contribution in [3.8, 4) is 5.69 Å². The van der Waals surface area contributed by atoms with Crippen molar-refractivity contribution < 1.29 is 22.7 Å². The molecule has 0 aliphatic heterocycles. The number of nitrogens with one attached hydrogen (secondary N) is 2. The molecule has 0 aliphatic carbocycles. The van der Waals surface area contributed by atoms with Crippen LogP contribution in [0.3, 0.4) is 0 Å². The molecule has 1 amide bonds. The van der Waals surface area contributed by atoms with E-state index < -0.39 is 27.9 Å². The van der Waals surface area contributed by atoms with E-state index in [1.807, 2.05) is 6.26 Å². The summed E-state index contributed by atoms with van der Waals surface area (Å²) < 4.78 is 32.7. The first-order chi connectivity index (χ1) is 14.3. The monoisotopic (exact) mass is 454 g/mol. The van der Waals surface area contributed by atoms with Gasteiger partial charge in [0.05, 0.1) is 18.0 Å². The molecule has 2 aromatic rings. The van der Waals surface area contributed by atoms with Gasteiger partial charge in [-0.15, -0.1) is 0 Å². The van der Waals surface area contributed by atoms with Crippen molar-refractivity contribution in [2.24, 2.45) is 0 Å². The Morgan fingerprint density at radius 3 is 2.70 bits per heavy atom. The molecule has 1 atom stereocenters. The Bertz CT molecular complexity index is 975. The Balaban J connectivity index is 2.16. The topological polar surface area (TPSA) is 119 Å². The van der Waals surface area contributed by atoms with Crippen LogP contribution in [0.5, 0.6) is 0 Å². The number of anilines is 1. The summed E-state index contributed by atoms with van der Waals surface area (Å²) in [6, 6.07) is 7.54. The Hall–Kier alpha value is -2.37. The average molecular weight is 455 g/mol. The Labute approximate surface area is 180 Å². The minimum Gasteiger partial charge on any atom is -0.461 e. The third-order valence-electron chi connectivity index (χ3n) is 4.08. The molecule has 1 heterocycles. The van der Waals surface area contributed by atoms with Crippen LogP contribution in [0, 0.1) is 0 Å². The highest BCUT2D eigenvalue weighted by Gasteiger charge is 2.23. The molecule has 30 heavy (non-hydrogen) atoms. The molecule has 2 N–H and O–H groups in total. The van der Waals surface area contributed by atoms with Crippen LogP contribution < -0.4 is 10.0 Å². The molecule has 0 radical (unpaired) electrons. The lowest BCUT2D eigenvalue weighted by atomic mass is 10.2. The van der Waals surface area contributed by atoms with Crippen LogP contribution in [0.1, 0.15) is 30.8 Å². The molecule has 0 saturated carbocycles. The third-order valence-corrected chi connectivity index (χ3v) is 6.13. The highest BCUT2D eigenvalue weighted by atomic mass is 32.2. The maximum Gasteiger partial charge on any atom is 0.358 e. The van der Waals surface area contributed by atoms with Gasteiger partial charge in [-0.3, -0.25) is 4.79 Å². The first kappa shape index (κ1) is 23.9. The first-order valence-corrected chi connectivity index (χ1v) is 12.5.